The van der Waals surface area contributed by atoms with Crippen LogP contribution in [0.25, 0.3) is 0 Å². The second-order valence-corrected chi connectivity index (χ2v) is 6.01. The number of rotatable bonds is 5. The molecule has 1 heterocycles. The van der Waals surface area contributed by atoms with Crippen molar-refractivity contribution in [3.05, 3.63) is 29.8 Å². The maximum absolute atomic E-state index is 12.2. The Bertz CT molecular complexity index is 483. The van der Waals surface area contributed by atoms with Crippen LogP contribution in [0.4, 0.5) is 5.69 Å². The summed E-state index contributed by atoms with van der Waals surface area (Å²) in [4.78, 5) is 12.2. The Hall–Kier alpha value is -1.55. The lowest BCUT2D eigenvalue weighted by Crippen LogP contribution is -2.39. The SMILES string of the molecule is O=C(NCCOC1CCCC1)C1CNc2ccccc2C1. The summed E-state index contributed by atoms with van der Waals surface area (Å²) >= 11 is 0. The van der Waals surface area contributed by atoms with Crippen molar-refractivity contribution in [1.82, 2.24) is 5.32 Å². The molecule has 1 amide bonds. The average molecular weight is 288 g/mol. The molecule has 4 nitrogen and oxygen atoms in total. The third kappa shape index (κ3) is 3.76. The Balaban J connectivity index is 1.40. The first kappa shape index (κ1) is 14.4. The first-order valence-corrected chi connectivity index (χ1v) is 8.04. The second-order valence-electron chi connectivity index (χ2n) is 6.01. The van der Waals surface area contributed by atoms with Crippen LogP contribution in [0.5, 0.6) is 0 Å². The third-order valence-electron chi connectivity index (χ3n) is 4.45. The van der Waals surface area contributed by atoms with Gasteiger partial charge in [-0.1, -0.05) is 31.0 Å². The van der Waals surface area contributed by atoms with Gasteiger partial charge < -0.3 is 15.4 Å². The zero-order chi connectivity index (χ0) is 14.5. The van der Waals surface area contributed by atoms with Gasteiger partial charge in [0.05, 0.1) is 18.6 Å². The largest absolute Gasteiger partial charge is 0.384 e. The van der Waals surface area contributed by atoms with E-state index in [2.05, 4.69) is 22.8 Å². The second kappa shape index (κ2) is 6.94. The highest BCUT2D eigenvalue weighted by Crippen LogP contribution is 2.24. The summed E-state index contributed by atoms with van der Waals surface area (Å²) < 4.78 is 5.77. The van der Waals surface area contributed by atoms with Gasteiger partial charge in [-0.2, -0.15) is 0 Å². The fraction of sp³-hybridized carbons (Fsp3) is 0.588. The molecule has 0 spiro atoms. The maximum atomic E-state index is 12.2. The molecule has 1 aromatic rings. The monoisotopic (exact) mass is 288 g/mol. The zero-order valence-corrected chi connectivity index (χ0v) is 12.4. The lowest BCUT2D eigenvalue weighted by Gasteiger charge is -2.25. The maximum Gasteiger partial charge on any atom is 0.225 e. The van der Waals surface area contributed by atoms with Gasteiger partial charge in [-0.05, 0) is 30.9 Å². The van der Waals surface area contributed by atoms with E-state index in [1.54, 1.807) is 0 Å². The van der Waals surface area contributed by atoms with Gasteiger partial charge >= 0.3 is 0 Å². The van der Waals surface area contributed by atoms with Crippen LogP contribution in [0.3, 0.4) is 0 Å². The molecule has 1 atom stereocenters. The van der Waals surface area contributed by atoms with Gasteiger partial charge in [-0.25, -0.2) is 0 Å². The standard InChI is InChI=1S/C17H24N2O2/c20-17(18-9-10-21-15-6-2-3-7-15)14-11-13-5-1-4-8-16(13)19-12-14/h1,4-5,8,14-15,19H,2-3,6-7,9-12H2,(H,18,20). The molecule has 21 heavy (non-hydrogen) atoms. The van der Waals surface area contributed by atoms with Gasteiger partial charge in [0.2, 0.25) is 5.91 Å². The molecular formula is C17H24N2O2. The number of hydrogen-bond acceptors (Lipinski definition) is 3. The minimum atomic E-state index is 0.0198. The molecule has 1 saturated carbocycles. The van der Waals surface area contributed by atoms with Crippen LogP contribution < -0.4 is 10.6 Å². The van der Waals surface area contributed by atoms with Crippen molar-refractivity contribution in [3.63, 3.8) is 0 Å². The number of fused-ring (bicyclic) bond motifs is 1. The highest BCUT2D eigenvalue weighted by atomic mass is 16.5. The number of anilines is 1. The van der Waals surface area contributed by atoms with Gasteiger partial charge in [0.15, 0.2) is 0 Å². The van der Waals surface area contributed by atoms with E-state index < -0.39 is 0 Å². The predicted octanol–water partition coefficient (Wildman–Crippen LogP) is 2.35. The molecule has 1 fully saturated rings. The first-order chi connectivity index (χ1) is 10.3. The van der Waals surface area contributed by atoms with Crippen molar-refractivity contribution in [2.45, 2.75) is 38.2 Å². The van der Waals surface area contributed by atoms with E-state index in [0.29, 0.717) is 25.8 Å². The number of nitrogens with one attached hydrogen (secondary N) is 2. The topological polar surface area (TPSA) is 50.4 Å². The highest BCUT2D eigenvalue weighted by molar-refractivity contribution is 5.80. The molecule has 3 rings (SSSR count). The van der Waals surface area contributed by atoms with Crippen molar-refractivity contribution >= 4 is 11.6 Å². The molecule has 4 heteroatoms. The summed E-state index contributed by atoms with van der Waals surface area (Å²) in [7, 11) is 0. The summed E-state index contributed by atoms with van der Waals surface area (Å²) in [5, 5.41) is 6.34. The van der Waals surface area contributed by atoms with Crippen LogP contribution in [0.2, 0.25) is 0 Å². The molecule has 0 saturated heterocycles. The number of benzene rings is 1. The number of hydrogen-bond donors (Lipinski definition) is 2. The van der Waals surface area contributed by atoms with Crippen LogP contribution >= 0.6 is 0 Å². The van der Waals surface area contributed by atoms with Gasteiger partial charge in [0.25, 0.3) is 0 Å². The molecular weight excluding hydrogens is 264 g/mol. The molecule has 2 N–H and O–H groups in total. The van der Waals surface area contributed by atoms with Gasteiger partial charge in [-0.3, -0.25) is 4.79 Å². The van der Waals surface area contributed by atoms with Gasteiger partial charge in [-0.15, -0.1) is 0 Å². The fourth-order valence-corrected chi connectivity index (χ4v) is 3.23. The number of carbonyl (C=O) groups excluding carboxylic acids is 1. The first-order valence-electron chi connectivity index (χ1n) is 8.04. The summed E-state index contributed by atoms with van der Waals surface area (Å²) in [5.41, 5.74) is 2.39. The predicted molar refractivity (Wildman–Crippen MR) is 83.3 cm³/mol. The summed E-state index contributed by atoms with van der Waals surface area (Å²) in [6, 6.07) is 8.20. The molecule has 2 aliphatic rings. The van der Waals surface area contributed by atoms with Crippen LogP contribution in [0.15, 0.2) is 24.3 Å². The molecule has 1 aliphatic carbocycles. The van der Waals surface area contributed by atoms with E-state index >= 15 is 0 Å². The van der Waals surface area contributed by atoms with Crippen molar-refractivity contribution < 1.29 is 9.53 Å². The van der Waals surface area contributed by atoms with Crippen LogP contribution in [-0.4, -0.2) is 31.7 Å². The Labute approximate surface area is 126 Å². The molecule has 0 bridgehead atoms. The normalized spacial score (nSPS) is 21.6. The molecule has 1 aromatic carbocycles. The van der Waals surface area contributed by atoms with E-state index in [1.807, 2.05) is 12.1 Å². The lowest BCUT2D eigenvalue weighted by atomic mass is 9.93. The molecule has 1 aliphatic heterocycles. The fourth-order valence-electron chi connectivity index (χ4n) is 3.23. The van der Waals surface area contributed by atoms with Crippen molar-refractivity contribution in [2.24, 2.45) is 5.92 Å². The van der Waals surface area contributed by atoms with E-state index in [-0.39, 0.29) is 11.8 Å². The van der Waals surface area contributed by atoms with E-state index in [0.717, 1.165) is 12.1 Å². The lowest BCUT2D eigenvalue weighted by molar-refractivity contribution is -0.125. The zero-order valence-electron chi connectivity index (χ0n) is 12.4. The quantitative estimate of drug-likeness (QED) is 0.818. The molecule has 0 radical (unpaired) electrons. The van der Waals surface area contributed by atoms with E-state index in [9.17, 15) is 4.79 Å². The number of carbonyl (C=O) groups is 1. The number of para-hydroxylation sites is 1. The van der Waals surface area contributed by atoms with Gasteiger partial charge in [0.1, 0.15) is 0 Å². The van der Waals surface area contributed by atoms with Crippen LogP contribution in [-0.2, 0) is 16.0 Å². The Morgan fingerprint density at radius 3 is 2.95 bits per heavy atom. The van der Waals surface area contributed by atoms with Crippen LogP contribution in [0, 0.1) is 5.92 Å². The van der Waals surface area contributed by atoms with Crippen molar-refractivity contribution in [3.8, 4) is 0 Å². The minimum absolute atomic E-state index is 0.0198. The van der Waals surface area contributed by atoms with Crippen LogP contribution in [0.1, 0.15) is 31.2 Å². The van der Waals surface area contributed by atoms with Crippen molar-refractivity contribution in [1.29, 1.82) is 0 Å². The van der Waals surface area contributed by atoms with E-state index in [1.165, 1.54) is 31.2 Å². The summed E-state index contributed by atoms with van der Waals surface area (Å²) in [5.74, 6) is 0.151. The van der Waals surface area contributed by atoms with Gasteiger partial charge in [0, 0.05) is 18.8 Å². The molecule has 0 aromatic heterocycles. The highest BCUT2D eigenvalue weighted by Gasteiger charge is 2.24. The third-order valence-corrected chi connectivity index (χ3v) is 4.45. The Morgan fingerprint density at radius 1 is 1.29 bits per heavy atom. The Morgan fingerprint density at radius 2 is 2.10 bits per heavy atom. The molecule has 114 valence electrons. The average Bonchev–Trinajstić information content (AvgIpc) is 3.04. The Kier molecular flexibility index (Phi) is 4.76. The summed E-state index contributed by atoms with van der Waals surface area (Å²) in [6.45, 7) is 1.97. The number of ether oxygens (including phenoxy) is 1. The van der Waals surface area contributed by atoms with E-state index in [4.69, 9.17) is 4.74 Å². The van der Waals surface area contributed by atoms with Crippen molar-refractivity contribution in [2.75, 3.05) is 25.0 Å². The number of amides is 1. The summed E-state index contributed by atoms with van der Waals surface area (Å²) in [6.07, 6.45) is 6.16. The minimum Gasteiger partial charge on any atom is -0.384 e. The smallest absolute Gasteiger partial charge is 0.225 e. The molecule has 1 unspecified atom stereocenters.